The van der Waals surface area contributed by atoms with E-state index in [-0.39, 0.29) is 18.1 Å². The highest BCUT2D eigenvalue weighted by atomic mass is 16.5. The highest BCUT2D eigenvalue weighted by molar-refractivity contribution is 5.82. The molecule has 0 saturated carbocycles. The van der Waals surface area contributed by atoms with E-state index in [1.54, 1.807) is 7.11 Å². The standard InChI is InChI=1S/C14H27N3O2/c1-4-11-10-16(2)6-5-7-17(11)14(18)13-8-12(19-3)9-15-13/h11-13,15H,4-10H2,1-3H3. The Balaban J connectivity index is 2.00. The first-order valence-electron chi connectivity index (χ1n) is 7.41. The van der Waals surface area contributed by atoms with Gasteiger partial charge in [0.1, 0.15) is 0 Å². The molecule has 2 aliphatic heterocycles. The van der Waals surface area contributed by atoms with Crippen LogP contribution in [-0.2, 0) is 9.53 Å². The number of nitrogens with zero attached hydrogens (tertiary/aromatic N) is 2. The molecule has 3 atom stereocenters. The fraction of sp³-hybridized carbons (Fsp3) is 0.929. The Morgan fingerprint density at radius 2 is 2.21 bits per heavy atom. The largest absolute Gasteiger partial charge is 0.380 e. The molecule has 2 fully saturated rings. The predicted octanol–water partition coefficient (Wildman–Crippen LogP) is 0.306. The molecule has 2 heterocycles. The molecule has 0 spiro atoms. The van der Waals surface area contributed by atoms with Crippen molar-refractivity contribution in [3.63, 3.8) is 0 Å². The van der Waals surface area contributed by atoms with E-state index in [1.807, 2.05) is 0 Å². The second-order valence-corrected chi connectivity index (χ2v) is 5.76. The van der Waals surface area contributed by atoms with E-state index in [9.17, 15) is 4.79 Å². The number of nitrogens with one attached hydrogen (secondary N) is 1. The first-order chi connectivity index (χ1) is 9.15. The molecular formula is C14H27N3O2. The van der Waals surface area contributed by atoms with E-state index in [0.29, 0.717) is 6.04 Å². The second-order valence-electron chi connectivity index (χ2n) is 5.76. The molecule has 0 radical (unpaired) electrons. The quantitative estimate of drug-likeness (QED) is 0.801. The Morgan fingerprint density at radius 1 is 1.42 bits per heavy atom. The van der Waals surface area contributed by atoms with Crippen molar-refractivity contribution in [1.82, 2.24) is 15.1 Å². The molecule has 1 N–H and O–H groups in total. The van der Waals surface area contributed by atoms with E-state index in [1.165, 1.54) is 0 Å². The molecule has 0 aromatic carbocycles. The van der Waals surface area contributed by atoms with Crippen LogP contribution in [0.15, 0.2) is 0 Å². The number of carbonyl (C=O) groups excluding carboxylic acids is 1. The lowest BCUT2D eigenvalue weighted by Gasteiger charge is -2.32. The molecule has 0 aliphatic carbocycles. The molecule has 110 valence electrons. The van der Waals surface area contributed by atoms with Crippen LogP contribution in [0.4, 0.5) is 0 Å². The van der Waals surface area contributed by atoms with Crippen molar-refractivity contribution in [1.29, 1.82) is 0 Å². The van der Waals surface area contributed by atoms with Crippen LogP contribution in [0.2, 0.25) is 0 Å². The van der Waals surface area contributed by atoms with Gasteiger partial charge in [-0.25, -0.2) is 0 Å². The van der Waals surface area contributed by atoms with Crippen LogP contribution in [0.25, 0.3) is 0 Å². The third-order valence-corrected chi connectivity index (χ3v) is 4.38. The summed E-state index contributed by atoms with van der Waals surface area (Å²) in [6.45, 7) is 5.92. The van der Waals surface area contributed by atoms with Crippen molar-refractivity contribution in [2.45, 2.75) is 44.4 Å². The summed E-state index contributed by atoms with van der Waals surface area (Å²) in [6.07, 6.45) is 3.08. The lowest BCUT2D eigenvalue weighted by Crippen LogP contribution is -2.50. The zero-order valence-electron chi connectivity index (χ0n) is 12.4. The molecule has 3 unspecified atom stereocenters. The average molecular weight is 269 g/mol. The Morgan fingerprint density at radius 3 is 2.84 bits per heavy atom. The molecule has 2 saturated heterocycles. The van der Waals surface area contributed by atoms with Crippen LogP contribution < -0.4 is 5.32 Å². The van der Waals surface area contributed by atoms with E-state index < -0.39 is 0 Å². The van der Waals surface area contributed by atoms with Gasteiger partial charge in [0, 0.05) is 32.8 Å². The summed E-state index contributed by atoms with van der Waals surface area (Å²) < 4.78 is 5.33. The van der Waals surface area contributed by atoms with Crippen molar-refractivity contribution in [2.24, 2.45) is 0 Å². The van der Waals surface area contributed by atoms with Crippen molar-refractivity contribution in [3.05, 3.63) is 0 Å². The van der Waals surface area contributed by atoms with Crippen LogP contribution in [0.5, 0.6) is 0 Å². The third-order valence-electron chi connectivity index (χ3n) is 4.38. The number of methoxy groups -OCH3 is 1. The number of likely N-dealkylation sites (N-methyl/N-ethyl adjacent to an activating group) is 1. The lowest BCUT2D eigenvalue weighted by molar-refractivity contribution is -0.135. The van der Waals surface area contributed by atoms with Crippen molar-refractivity contribution < 1.29 is 9.53 Å². The predicted molar refractivity (Wildman–Crippen MR) is 75.1 cm³/mol. The summed E-state index contributed by atoms with van der Waals surface area (Å²) in [6, 6.07) is 0.297. The van der Waals surface area contributed by atoms with Gasteiger partial charge in [-0.2, -0.15) is 0 Å². The van der Waals surface area contributed by atoms with E-state index in [0.717, 1.165) is 45.4 Å². The lowest BCUT2D eigenvalue weighted by atomic mass is 10.1. The maximum Gasteiger partial charge on any atom is 0.240 e. The van der Waals surface area contributed by atoms with E-state index in [4.69, 9.17) is 4.74 Å². The topological polar surface area (TPSA) is 44.8 Å². The molecule has 2 rings (SSSR count). The molecule has 0 aromatic rings. The highest BCUT2D eigenvalue weighted by Crippen LogP contribution is 2.18. The van der Waals surface area contributed by atoms with Crippen LogP contribution in [0.3, 0.4) is 0 Å². The monoisotopic (exact) mass is 269 g/mol. The molecule has 1 amide bonds. The van der Waals surface area contributed by atoms with Gasteiger partial charge in [0.25, 0.3) is 0 Å². The van der Waals surface area contributed by atoms with E-state index in [2.05, 4.69) is 29.1 Å². The highest BCUT2D eigenvalue weighted by Gasteiger charge is 2.35. The molecular weight excluding hydrogens is 242 g/mol. The minimum atomic E-state index is -0.0533. The van der Waals surface area contributed by atoms with Crippen LogP contribution >= 0.6 is 0 Å². The van der Waals surface area contributed by atoms with Crippen LogP contribution in [0, 0.1) is 0 Å². The summed E-state index contributed by atoms with van der Waals surface area (Å²) in [7, 11) is 3.86. The first-order valence-corrected chi connectivity index (χ1v) is 7.41. The molecule has 2 aliphatic rings. The number of carbonyl (C=O) groups is 1. The van der Waals surface area contributed by atoms with Crippen LogP contribution in [-0.4, -0.2) is 74.2 Å². The minimum Gasteiger partial charge on any atom is -0.380 e. The zero-order chi connectivity index (χ0) is 13.8. The summed E-state index contributed by atoms with van der Waals surface area (Å²) in [5.74, 6) is 0.265. The zero-order valence-corrected chi connectivity index (χ0v) is 12.4. The van der Waals surface area contributed by atoms with Gasteiger partial charge in [-0.05, 0) is 32.9 Å². The van der Waals surface area contributed by atoms with Gasteiger partial charge >= 0.3 is 0 Å². The van der Waals surface area contributed by atoms with Crippen LogP contribution in [0.1, 0.15) is 26.2 Å². The van der Waals surface area contributed by atoms with E-state index >= 15 is 0 Å². The fourth-order valence-corrected chi connectivity index (χ4v) is 3.15. The summed E-state index contributed by atoms with van der Waals surface area (Å²) in [5.41, 5.74) is 0. The SMILES string of the molecule is CCC1CN(C)CCCN1C(=O)C1CC(OC)CN1. The number of ether oxygens (including phenoxy) is 1. The Labute approximate surface area is 116 Å². The fourth-order valence-electron chi connectivity index (χ4n) is 3.15. The normalized spacial score (nSPS) is 33.4. The molecule has 0 aromatic heterocycles. The van der Waals surface area contributed by atoms with Gasteiger partial charge in [-0.15, -0.1) is 0 Å². The maximum absolute atomic E-state index is 12.7. The number of hydrogen-bond donors (Lipinski definition) is 1. The Hall–Kier alpha value is -0.650. The Kier molecular flexibility index (Phi) is 5.19. The number of rotatable bonds is 3. The Bertz CT molecular complexity index is 311. The number of amides is 1. The van der Waals surface area contributed by atoms with Crippen molar-refractivity contribution in [2.75, 3.05) is 40.3 Å². The summed E-state index contributed by atoms with van der Waals surface area (Å²) in [4.78, 5) is 17.1. The average Bonchev–Trinajstić information content (AvgIpc) is 2.81. The smallest absolute Gasteiger partial charge is 0.240 e. The summed E-state index contributed by atoms with van der Waals surface area (Å²) >= 11 is 0. The van der Waals surface area contributed by atoms with Gasteiger partial charge in [-0.1, -0.05) is 6.92 Å². The molecule has 19 heavy (non-hydrogen) atoms. The van der Waals surface area contributed by atoms with Crippen molar-refractivity contribution >= 4 is 5.91 Å². The van der Waals surface area contributed by atoms with Gasteiger partial charge in [0.05, 0.1) is 12.1 Å². The van der Waals surface area contributed by atoms with Crippen molar-refractivity contribution in [3.8, 4) is 0 Å². The second kappa shape index (κ2) is 6.68. The first kappa shape index (κ1) is 14.8. The van der Waals surface area contributed by atoms with Gasteiger partial charge in [0.15, 0.2) is 0 Å². The maximum atomic E-state index is 12.7. The third kappa shape index (κ3) is 3.46. The molecule has 5 heteroatoms. The molecule has 5 nitrogen and oxygen atoms in total. The summed E-state index contributed by atoms with van der Waals surface area (Å²) in [5, 5.41) is 3.30. The van der Waals surface area contributed by atoms with Gasteiger partial charge < -0.3 is 19.9 Å². The molecule has 0 bridgehead atoms. The van der Waals surface area contributed by atoms with Gasteiger partial charge in [0.2, 0.25) is 5.91 Å². The van der Waals surface area contributed by atoms with Gasteiger partial charge in [-0.3, -0.25) is 4.79 Å². The minimum absolute atomic E-state index is 0.0533. The number of hydrogen-bond acceptors (Lipinski definition) is 4.